The average molecular weight is 577 g/mol. The van der Waals surface area contributed by atoms with E-state index in [0.717, 1.165) is 4.42 Å². The van der Waals surface area contributed by atoms with Gasteiger partial charge in [0.1, 0.15) is 4.75 Å². The molecule has 0 saturated heterocycles. The topological polar surface area (TPSA) is 57.6 Å². The molecule has 1 N–H and O–H groups in total. The van der Waals surface area contributed by atoms with E-state index in [1.165, 1.54) is 12.1 Å². The third kappa shape index (κ3) is 4.08. The van der Waals surface area contributed by atoms with Gasteiger partial charge in [0, 0.05) is 29.2 Å². The molecule has 12 heteroatoms. The summed E-state index contributed by atoms with van der Waals surface area (Å²) < 4.78 is 35.0. The Balaban J connectivity index is 2.88. The molecule has 1 atom stereocenters. The zero-order valence-corrected chi connectivity index (χ0v) is 21.9. The zero-order valence-electron chi connectivity index (χ0n) is 15.8. The van der Waals surface area contributed by atoms with Gasteiger partial charge in [-0.1, -0.05) is 71.9 Å². The van der Waals surface area contributed by atoms with Crippen LogP contribution in [-0.2, 0) is 10.1 Å². The Bertz CT molecular complexity index is 1010. The standard InChI is InChI=1S/C18H18Cl7NO3S/c1-3-5-18(30(27,28)29)6-4-10(2)16(17(18,8-19)9-20)26(25)12-7-11(21)13(22)15(24)14(12)23/h4,6-7H,3,5,8-9H2,1-2H3,(H,27,28,29). The Kier molecular flexibility index (Phi) is 8.67. The maximum atomic E-state index is 12.7. The van der Waals surface area contributed by atoms with Crippen molar-refractivity contribution < 1.29 is 13.0 Å². The van der Waals surface area contributed by atoms with Crippen LogP contribution in [0.3, 0.4) is 0 Å². The number of nitrogens with zero attached hydrogens (tertiary/aromatic N) is 1. The highest BCUT2D eigenvalue weighted by atomic mass is 35.5. The van der Waals surface area contributed by atoms with Crippen LogP contribution in [0.25, 0.3) is 0 Å². The van der Waals surface area contributed by atoms with Crippen molar-refractivity contribution >= 4 is 97.2 Å². The molecule has 4 nitrogen and oxygen atoms in total. The van der Waals surface area contributed by atoms with Crippen LogP contribution >= 0.6 is 81.4 Å². The fourth-order valence-corrected chi connectivity index (χ4v) is 7.75. The Labute approximate surface area is 211 Å². The summed E-state index contributed by atoms with van der Waals surface area (Å²) in [6, 6.07) is 1.39. The van der Waals surface area contributed by atoms with Gasteiger partial charge in [-0.3, -0.25) is 8.97 Å². The first kappa shape index (κ1) is 26.7. The van der Waals surface area contributed by atoms with Gasteiger partial charge < -0.3 is 0 Å². The van der Waals surface area contributed by atoms with Gasteiger partial charge in [-0.15, -0.1) is 23.2 Å². The summed E-state index contributed by atoms with van der Waals surface area (Å²) in [5, 5.41) is 0.119. The number of halogens is 7. The number of anilines is 1. The Hall–Kier alpha value is 0.440. The van der Waals surface area contributed by atoms with Crippen molar-refractivity contribution in [2.24, 2.45) is 5.41 Å². The third-order valence-corrected chi connectivity index (χ3v) is 9.93. The monoisotopic (exact) mass is 573 g/mol. The Morgan fingerprint density at radius 3 is 2.10 bits per heavy atom. The summed E-state index contributed by atoms with van der Waals surface area (Å²) in [5.74, 6) is -0.521. The quantitative estimate of drug-likeness (QED) is 0.118. The van der Waals surface area contributed by atoms with E-state index >= 15 is 0 Å². The zero-order chi connectivity index (χ0) is 23.1. The molecular formula is C18H18Cl7NO3S. The van der Waals surface area contributed by atoms with E-state index in [2.05, 4.69) is 0 Å². The molecule has 0 fully saturated rings. The van der Waals surface area contributed by atoms with E-state index in [4.69, 9.17) is 81.4 Å². The Morgan fingerprint density at radius 2 is 1.63 bits per heavy atom. The summed E-state index contributed by atoms with van der Waals surface area (Å²) in [6.07, 6.45) is 3.45. The average Bonchev–Trinajstić information content (AvgIpc) is 2.68. The second kappa shape index (κ2) is 9.74. The molecule has 0 heterocycles. The molecule has 0 spiro atoms. The van der Waals surface area contributed by atoms with Crippen molar-refractivity contribution in [1.29, 1.82) is 0 Å². The summed E-state index contributed by atoms with van der Waals surface area (Å²) in [7, 11) is -4.67. The lowest BCUT2D eigenvalue weighted by Crippen LogP contribution is -2.59. The van der Waals surface area contributed by atoms with Crippen molar-refractivity contribution in [3.8, 4) is 0 Å². The smallest absolute Gasteiger partial charge is 0.275 e. The summed E-state index contributed by atoms with van der Waals surface area (Å²) in [4.78, 5) is 0. The second-order valence-electron chi connectivity index (χ2n) is 6.93. The lowest BCUT2D eigenvalue weighted by Gasteiger charge is -2.50. The number of alkyl halides is 2. The minimum atomic E-state index is -4.67. The summed E-state index contributed by atoms with van der Waals surface area (Å²) in [5.41, 5.74) is -0.524. The van der Waals surface area contributed by atoms with Crippen LogP contribution in [0, 0.1) is 5.41 Å². The molecule has 1 unspecified atom stereocenters. The van der Waals surface area contributed by atoms with Crippen molar-refractivity contribution in [2.75, 3.05) is 16.2 Å². The van der Waals surface area contributed by atoms with Gasteiger partial charge in [-0.2, -0.15) is 8.42 Å². The molecule has 0 aliphatic heterocycles. The van der Waals surface area contributed by atoms with Gasteiger partial charge in [-0.25, -0.2) is 0 Å². The van der Waals surface area contributed by atoms with Crippen molar-refractivity contribution in [2.45, 2.75) is 31.4 Å². The molecule has 30 heavy (non-hydrogen) atoms. The van der Waals surface area contributed by atoms with E-state index < -0.39 is 20.3 Å². The van der Waals surface area contributed by atoms with Gasteiger partial charge in [0.15, 0.2) is 0 Å². The maximum Gasteiger partial charge on any atom is 0.275 e. The van der Waals surface area contributed by atoms with Gasteiger partial charge >= 0.3 is 0 Å². The molecule has 1 aliphatic rings. The van der Waals surface area contributed by atoms with E-state index in [-0.39, 0.29) is 49.7 Å². The predicted octanol–water partition coefficient (Wildman–Crippen LogP) is 7.99. The van der Waals surface area contributed by atoms with Gasteiger partial charge in [0.25, 0.3) is 10.1 Å². The molecular weight excluding hydrogens is 558 g/mol. The van der Waals surface area contributed by atoms with Crippen LogP contribution in [-0.4, -0.2) is 29.5 Å². The molecule has 1 aromatic carbocycles. The van der Waals surface area contributed by atoms with Crippen molar-refractivity contribution in [1.82, 2.24) is 0 Å². The van der Waals surface area contributed by atoms with Crippen LogP contribution < -0.4 is 4.42 Å². The molecule has 0 amide bonds. The minimum Gasteiger partial charge on any atom is -0.285 e. The van der Waals surface area contributed by atoms with Crippen molar-refractivity contribution in [3.63, 3.8) is 0 Å². The highest BCUT2D eigenvalue weighted by Gasteiger charge is 2.61. The van der Waals surface area contributed by atoms with E-state index in [1.807, 2.05) is 0 Å². The highest BCUT2D eigenvalue weighted by molar-refractivity contribution is 7.87. The molecule has 1 aromatic rings. The van der Waals surface area contributed by atoms with Crippen LogP contribution in [0.4, 0.5) is 5.69 Å². The van der Waals surface area contributed by atoms with Crippen LogP contribution in [0.2, 0.25) is 20.1 Å². The molecule has 0 aromatic heterocycles. The van der Waals surface area contributed by atoms with E-state index in [0.29, 0.717) is 12.0 Å². The number of rotatable bonds is 7. The second-order valence-corrected chi connectivity index (χ2v) is 11.0. The molecule has 0 radical (unpaired) electrons. The normalized spacial score (nSPS) is 21.3. The third-order valence-electron chi connectivity index (χ3n) is 5.27. The first-order chi connectivity index (χ1) is 13.8. The lowest BCUT2D eigenvalue weighted by atomic mass is 9.68. The number of benzene rings is 1. The van der Waals surface area contributed by atoms with Gasteiger partial charge in [0.2, 0.25) is 0 Å². The van der Waals surface area contributed by atoms with Gasteiger partial charge in [-0.05, 0) is 25.0 Å². The van der Waals surface area contributed by atoms with E-state index in [1.54, 1.807) is 19.9 Å². The summed E-state index contributed by atoms with van der Waals surface area (Å²) in [6.45, 7) is 3.49. The number of hydrogen-bond donors (Lipinski definition) is 1. The number of allylic oxidation sites excluding steroid dienone is 3. The number of hydrogen-bond acceptors (Lipinski definition) is 3. The van der Waals surface area contributed by atoms with Crippen LogP contribution in [0.1, 0.15) is 26.7 Å². The Morgan fingerprint density at radius 1 is 1.07 bits per heavy atom. The first-order valence-corrected chi connectivity index (χ1v) is 13.0. The first-order valence-electron chi connectivity index (χ1n) is 8.63. The lowest BCUT2D eigenvalue weighted by molar-refractivity contribution is 0.296. The van der Waals surface area contributed by atoms with Crippen LogP contribution in [0.15, 0.2) is 29.5 Å². The van der Waals surface area contributed by atoms with Gasteiger partial charge in [0.05, 0.1) is 31.2 Å². The largest absolute Gasteiger partial charge is 0.285 e. The molecule has 2 rings (SSSR count). The molecule has 1 aliphatic carbocycles. The van der Waals surface area contributed by atoms with E-state index in [9.17, 15) is 13.0 Å². The fraction of sp³-hybridized carbons (Fsp3) is 0.444. The minimum absolute atomic E-state index is 0.00177. The molecule has 168 valence electrons. The molecule has 0 bridgehead atoms. The maximum absolute atomic E-state index is 12.7. The fourth-order valence-electron chi connectivity index (χ4n) is 3.79. The van der Waals surface area contributed by atoms with Crippen LogP contribution in [0.5, 0.6) is 0 Å². The highest BCUT2D eigenvalue weighted by Crippen LogP contribution is 2.56. The molecule has 0 saturated carbocycles. The SMILES string of the molecule is CCCC1(S(=O)(=O)O)C=CC(C)=C(N(Cl)c2cc(Cl)c(Cl)c(Cl)c2Cl)C1(CCl)CCl. The summed E-state index contributed by atoms with van der Waals surface area (Å²) >= 11 is 44.2. The van der Waals surface area contributed by atoms with Crippen molar-refractivity contribution in [3.05, 3.63) is 49.6 Å². The predicted molar refractivity (Wildman–Crippen MR) is 130 cm³/mol.